The van der Waals surface area contributed by atoms with Crippen LogP contribution < -0.4 is 4.90 Å². The molecule has 0 radical (unpaired) electrons. The molecular formula is C12H11ClN4O3. The van der Waals surface area contributed by atoms with Gasteiger partial charge in [-0.3, -0.25) is 0 Å². The fourth-order valence-corrected chi connectivity index (χ4v) is 2.26. The first-order chi connectivity index (χ1) is 9.65. The van der Waals surface area contributed by atoms with Crippen LogP contribution in [0.3, 0.4) is 0 Å². The van der Waals surface area contributed by atoms with Gasteiger partial charge in [0.25, 0.3) is 0 Å². The second-order valence-corrected chi connectivity index (χ2v) is 4.63. The first-order valence-electron chi connectivity index (χ1n) is 6.05. The summed E-state index contributed by atoms with van der Waals surface area (Å²) in [7, 11) is 0. The third-order valence-corrected chi connectivity index (χ3v) is 3.21. The van der Waals surface area contributed by atoms with Gasteiger partial charge < -0.3 is 14.7 Å². The summed E-state index contributed by atoms with van der Waals surface area (Å²) in [5.41, 5.74) is 0.214. The summed E-state index contributed by atoms with van der Waals surface area (Å²) >= 11 is 5.91. The Bertz CT molecular complexity index is 673. The maximum atomic E-state index is 11.0. The number of carboxylic acids is 1. The molecule has 8 heteroatoms. The number of morpholine rings is 1. The molecule has 3 heterocycles. The number of rotatable bonds is 2. The van der Waals surface area contributed by atoms with Crippen LogP contribution in [0.4, 0.5) is 5.82 Å². The number of hydrogen-bond acceptors (Lipinski definition) is 6. The van der Waals surface area contributed by atoms with Crippen molar-refractivity contribution in [1.29, 1.82) is 0 Å². The zero-order chi connectivity index (χ0) is 14.1. The molecule has 0 aliphatic carbocycles. The molecule has 0 amide bonds. The summed E-state index contributed by atoms with van der Waals surface area (Å²) < 4.78 is 5.30. The SMILES string of the molecule is O=C(O)c1ccc2c(N3CCOCC3)nc(Cl)nc2n1. The molecule has 20 heavy (non-hydrogen) atoms. The normalized spacial score (nSPS) is 15.6. The maximum absolute atomic E-state index is 11.0. The summed E-state index contributed by atoms with van der Waals surface area (Å²) in [4.78, 5) is 25.2. The smallest absolute Gasteiger partial charge is 0.354 e. The number of fused-ring (bicyclic) bond motifs is 1. The van der Waals surface area contributed by atoms with Crippen LogP contribution >= 0.6 is 11.6 Å². The van der Waals surface area contributed by atoms with E-state index >= 15 is 0 Å². The van der Waals surface area contributed by atoms with Gasteiger partial charge in [-0.25, -0.2) is 9.78 Å². The molecule has 0 unspecified atom stereocenters. The number of carboxylic acid groups (broad SMARTS) is 1. The molecule has 1 aliphatic rings. The Balaban J connectivity index is 2.13. The average Bonchev–Trinajstić information content (AvgIpc) is 2.46. The Morgan fingerprint density at radius 1 is 1.25 bits per heavy atom. The highest BCUT2D eigenvalue weighted by molar-refractivity contribution is 6.28. The van der Waals surface area contributed by atoms with Gasteiger partial charge in [-0.05, 0) is 23.7 Å². The first kappa shape index (κ1) is 13.0. The van der Waals surface area contributed by atoms with Crippen molar-refractivity contribution >= 4 is 34.4 Å². The van der Waals surface area contributed by atoms with E-state index in [1.165, 1.54) is 6.07 Å². The van der Waals surface area contributed by atoms with Gasteiger partial charge in [0, 0.05) is 13.1 Å². The van der Waals surface area contributed by atoms with Gasteiger partial charge in [-0.1, -0.05) is 0 Å². The van der Waals surface area contributed by atoms with Crippen molar-refractivity contribution in [3.63, 3.8) is 0 Å². The van der Waals surface area contributed by atoms with Crippen LogP contribution in [-0.4, -0.2) is 52.3 Å². The number of halogens is 1. The van der Waals surface area contributed by atoms with Crippen LogP contribution in [-0.2, 0) is 4.74 Å². The number of anilines is 1. The van der Waals surface area contributed by atoms with Crippen LogP contribution in [0.15, 0.2) is 12.1 Å². The minimum atomic E-state index is -1.10. The van der Waals surface area contributed by atoms with Crippen LogP contribution in [0.5, 0.6) is 0 Å². The van der Waals surface area contributed by atoms with Gasteiger partial charge in [0.05, 0.1) is 18.6 Å². The molecule has 2 aromatic heterocycles. The zero-order valence-electron chi connectivity index (χ0n) is 10.4. The molecular weight excluding hydrogens is 284 g/mol. The molecule has 7 nitrogen and oxygen atoms in total. The third-order valence-electron chi connectivity index (χ3n) is 3.04. The van der Waals surface area contributed by atoms with Crippen molar-refractivity contribution in [3.05, 3.63) is 23.1 Å². The minimum Gasteiger partial charge on any atom is -0.477 e. The van der Waals surface area contributed by atoms with Crippen molar-refractivity contribution in [1.82, 2.24) is 15.0 Å². The standard InChI is InChI=1S/C12H11ClN4O3/c13-12-15-9-7(1-2-8(14-9)11(18)19)10(16-12)17-3-5-20-6-4-17/h1-2H,3-6H2,(H,18,19). The van der Waals surface area contributed by atoms with Gasteiger partial charge in [0.2, 0.25) is 5.28 Å². The molecule has 0 atom stereocenters. The van der Waals surface area contributed by atoms with E-state index in [2.05, 4.69) is 15.0 Å². The Morgan fingerprint density at radius 3 is 2.70 bits per heavy atom. The fraction of sp³-hybridized carbons (Fsp3) is 0.333. The largest absolute Gasteiger partial charge is 0.477 e. The van der Waals surface area contributed by atoms with E-state index < -0.39 is 5.97 Å². The predicted molar refractivity (Wildman–Crippen MR) is 72.3 cm³/mol. The number of aromatic carboxylic acids is 1. The lowest BCUT2D eigenvalue weighted by Crippen LogP contribution is -2.37. The minimum absolute atomic E-state index is 0.0500. The van der Waals surface area contributed by atoms with Crippen molar-refractivity contribution in [2.75, 3.05) is 31.2 Å². The lowest BCUT2D eigenvalue weighted by atomic mass is 10.2. The molecule has 1 N–H and O–H groups in total. The highest BCUT2D eigenvalue weighted by Crippen LogP contribution is 2.25. The summed E-state index contributed by atoms with van der Waals surface area (Å²) in [6.07, 6.45) is 0. The highest BCUT2D eigenvalue weighted by Gasteiger charge is 2.18. The zero-order valence-corrected chi connectivity index (χ0v) is 11.2. The molecule has 2 aromatic rings. The fourth-order valence-electron chi connectivity index (χ4n) is 2.10. The number of aromatic nitrogens is 3. The molecule has 0 bridgehead atoms. The molecule has 0 saturated carbocycles. The highest BCUT2D eigenvalue weighted by atomic mass is 35.5. The van der Waals surface area contributed by atoms with Gasteiger partial charge in [-0.15, -0.1) is 0 Å². The summed E-state index contributed by atoms with van der Waals surface area (Å²) in [5, 5.41) is 9.70. The number of ether oxygens (including phenoxy) is 1. The lowest BCUT2D eigenvalue weighted by molar-refractivity contribution is 0.0691. The quantitative estimate of drug-likeness (QED) is 0.833. The molecule has 0 spiro atoms. The van der Waals surface area contributed by atoms with Crippen molar-refractivity contribution in [2.24, 2.45) is 0 Å². The molecule has 0 aromatic carbocycles. The second-order valence-electron chi connectivity index (χ2n) is 4.29. The number of hydrogen-bond donors (Lipinski definition) is 1. The molecule has 3 rings (SSSR count). The second kappa shape index (κ2) is 5.18. The van der Waals surface area contributed by atoms with Crippen LogP contribution in [0, 0.1) is 0 Å². The molecule has 104 valence electrons. The first-order valence-corrected chi connectivity index (χ1v) is 6.43. The van der Waals surface area contributed by atoms with E-state index in [1.54, 1.807) is 6.07 Å². The van der Waals surface area contributed by atoms with Gasteiger partial charge in [-0.2, -0.15) is 9.97 Å². The number of nitrogens with zero attached hydrogens (tertiary/aromatic N) is 4. The Hall–Kier alpha value is -1.99. The van der Waals surface area contributed by atoms with E-state index in [4.69, 9.17) is 21.4 Å². The Morgan fingerprint density at radius 2 is 2.00 bits per heavy atom. The van der Waals surface area contributed by atoms with Gasteiger partial charge >= 0.3 is 5.97 Å². The van der Waals surface area contributed by atoms with Gasteiger partial charge in [0.1, 0.15) is 5.82 Å². The van der Waals surface area contributed by atoms with Crippen molar-refractivity contribution < 1.29 is 14.6 Å². The van der Waals surface area contributed by atoms with E-state index in [0.717, 1.165) is 0 Å². The van der Waals surface area contributed by atoms with Crippen LogP contribution in [0.1, 0.15) is 10.5 Å². The maximum Gasteiger partial charge on any atom is 0.354 e. The van der Waals surface area contributed by atoms with Crippen LogP contribution in [0.2, 0.25) is 5.28 Å². The van der Waals surface area contributed by atoms with Gasteiger partial charge in [0.15, 0.2) is 11.3 Å². The number of carbonyl (C=O) groups is 1. The van der Waals surface area contributed by atoms with E-state index in [0.29, 0.717) is 37.5 Å². The molecule has 1 aliphatic heterocycles. The topological polar surface area (TPSA) is 88.4 Å². The lowest BCUT2D eigenvalue weighted by Gasteiger charge is -2.28. The van der Waals surface area contributed by atoms with E-state index in [9.17, 15) is 4.79 Å². The summed E-state index contributed by atoms with van der Waals surface area (Å²) in [6, 6.07) is 3.10. The summed E-state index contributed by atoms with van der Waals surface area (Å²) in [6.45, 7) is 2.62. The Labute approximate surface area is 119 Å². The van der Waals surface area contributed by atoms with Crippen molar-refractivity contribution in [2.45, 2.75) is 0 Å². The molecule has 1 saturated heterocycles. The third kappa shape index (κ3) is 2.37. The predicted octanol–water partition coefficient (Wildman–Crippen LogP) is 1.21. The molecule has 1 fully saturated rings. The van der Waals surface area contributed by atoms with Crippen LogP contribution in [0.25, 0.3) is 11.0 Å². The average molecular weight is 295 g/mol. The van der Waals surface area contributed by atoms with Crippen molar-refractivity contribution in [3.8, 4) is 0 Å². The summed E-state index contributed by atoms with van der Waals surface area (Å²) in [5.74, 6) is -0.442. The Kier molecular flexibility index (Phi) is 3.37. The monoisotopic (exact) mass is 294 g/mol. The van der Waals surface area contributed by atoms with E-state index in [1.807, 2.05) is 4.90 Å². The number of pyridine rings is 1. The van der Waals surface area contributed by atoms with E-state index in [-0.39, 0.29) is 16.6 Å².